The maximum atomic E-state index is 13.2. The molecule has 2 heterocycles. The van der Waals surface area contributed by atoms with Gasteiger partial charge in [-0.2, -0.15) is 0 Å². The maximum Gasteiger partial charge on any atom is 0.251 e. The molecule has 0 aromatic heterocycles. The summed E-state index contributed by atoms with van der Waals surface area (Å²) in [6, 6.07) is 5.26. The molecule has 20 heavy (non-hydrogen) atoms. The first-order chi connectivity index (χ1) is 9.63. The van der Waals surface area contributed by atoms with Gasteiger partial charge in [0.15, 0.2) is 0 Å². The Morgan fingerprint density at radius 1 is 1.35 bits per heavy atom. The van der Waals surface area contributed by atoms with Gasteiger partial charge >= 0.3 is 0 Å². The van der Waals surface area contributed by atoms with Crippen LogP contribution in [0, 0.1) is 5.82 Å². The summed E-state index contributed by atoms with van der Waals surface area (Å²) >= 11 is 3.11. The van der Waals surface area contributed by atoms with Gasteiger partial charge in [0.2, 0.25) is 0 Å². The maximum absolute atomic E-state index is 13.2. The molecular formula is C15H18BrFN2O. The van der Waals surface area contributed by atoms with Gasteiger partial charge in [0.05, 0.1) is 4.47 Å². The second kappa shape index (κ2) is 5.82. The van der Waals surface area contributed by atoms with E-state index in [1.807, 2.05) is 0 Å². The van der Waals surface area contributed by atoms with Crippen LogP contribution in [0.1, 0.15) is 36.0 Å². The summed E-state index contributed by atoms with van der Waals surface area (Å²) in [6.45, 7) is 2.28. The van der Waals surface area contributed by atoms with Crippen molar-refractivity contribution in [2.24, 2.45) is 0 Å². The Kier molecular flexibility index (Phi) is 4.08. The summed E-state index contributed by atoms with van der Waals surface area (Å²) < 4.78 is 13.5. The average Bonchev–Trinajstić information content (AvgIpc) is 2.89. The van der Waals surface area contributed by atoms with E-state index in [0.717, 1.165) is 19.4 Å². The molecule has 1 amide bonds. The summed E-state index contributed by atoms with van der Waals surface area (Å²) in [7, 11) is 0. The van der Waals surface area contributed by atoms with Crippen molar-refractivity contribution in [3.8, 4) is 0 Å². The fraction of sp³-hybridized carbons (Fsp3) is 0.533. The number of rotatable bonds is 2. The standard InChI is InChI=1S/C15H18BrFN2O/c16-13-8-10(3-4-14(13)17)15(20)18-11-5-7-19-6-1-2-12(19)9-11/h3-4,8,11-12H,1-2,5-7,9H2,(H,18,20). The molecule has 108 valence electrons. The highest BCUT2D eigenvalue weighted by molar-refractivity contribution is 9.10. The second-order valence-electron chi connectivity index (χ2n) is 5.66. The van der Waals surface area contributed by atoms with Crippen molar-refractivity contribution >= 4 is 21.8 Å². The van der Waals surface area contributed by atoms with Crippen molar-refractivity contribution in [3.05, 3.63) is 34.1 Å². The SMILES string of the molecule is O=C(NC1CCN2CCCC2C1)c1ccc(F)c(Br)c1. The van der Waals surface area contributed by atoms with Gasteiger partial charge in [0, 0.05) is 24.2 Å². The van der Waals surface area contributed by atoms with E-state index in [2.05, 4.69) is 26.1 Å². The lowest BCUT2D eigenvalue weighted by molar-refractivity contribution is 0.0896. The fourth-order valence-electron chi connectivity index (χ4n) is 3.26. The topological polar surface area (TPSA) is 32.3 Å². The summed E-state index contributed by atoms with van der Waals surface area (Å²) in [4.78, 5) is 14.7. The highest BCUT2D eigenvalue weighted by Gasteiger charge is 2.32. The first-order valence-electron chi connectivity index (χ1n) is 7.13. The molecule has 2 unspecified atom stereocenters. The number of nitrogens with zero attached hydrogens (tertiary/aromatic N) is 1. The molecule has 1 N–H and O–H groups in total. The fourth-order valence-corrected chi connectivity index (χ4v) is 3.64. The molecule has 2 fully saturated rings. The average molecular weight is 341 g/mol. The molecule has 3 rings (SSSR count). The van der Waals surface area contributed by atoms with Crippen LogP contribution in [0.4, 0.5) is 4.39 Å². The first kappa shape index (κ1) is 14.0. The minimum absolute atomic E-state index is 0.109. The van der Waals surface area contributed by atoms with Crippen LogP contribution >= 0.6 is 15.9 Å². The minimum atomic E-state index is -0.346. The van der Waals surface area contributed by atoms with Crippen molar-refractivity contribution in [2.45, 2.75) is 37.8 Å². The monoisotopic (exact) mass is 340 g/mol. The number of carbonyl (C=O) groups excluding carboxylic acids is 1. The van der Waals surface area contributed by atoms with Gasteiger partial charge in [-0.1, -0.05) is 0 Å². The Labute approximate surface area is 126 Å². The van der Waals surface area contributed by atoms with Crippen LogP contribution in [0.2, 0.25) is 0 Å². The molecule has 0 saturated carbocycles. The van der Waals surface area contributed by atoms with E-state index in [1.54, 1.807) is 0 Å². The van der Waals surface area contributed by atoms with Crippen LogP contribution in [0.5, 0.6) is 0 Å². The molecule has 0 spiro atoms. The zero-order valence-electron chi connectivity index (χ0n) is 11.2. The van der Waals surface area contributed by atoms with Crippen molar-refractivity contribution in [3.63, 3.8) is 0 Å². The molecule has 5 heteroatoms. The molecule has 0 aliphatic carbocycles. The minimum Gasteiger partial charge on any atom is -0.349 e. The van der Waals surface area contributed by atoms with Crippen molar-refractivity contribution in [2.75, 3.05) is 13.1 Å². The number of carbonyl (C=O) groups is 1. The molecule has 3 nitrogen and oxygen atoms in total. The quantitative estimate of drug-likeness (QED) is 0.897. The van der Waals surface area contributed by atoms with Gasteiger partial charge in [-0.15, -0.1) is 0 Å². The van der Waals surface area contributed by atoms with Crippen molar-refractivity contribution in [1.29, 1.82) is 0 Å². The van der Waals surface area contributed by atoms with Crippen LogP contribution in [0.15, 0.2) is 22.7 Å². The Morgan fingerprint density at radius 2 is 2.20 bits per heavy atom. The van der Waals surface area contributed by atoms with E-state index in [9.17, 15) is 9.18 Å². The predicted octanol–water partition coefficient (Wildman–Crippen LogP) is 2.94. The molecule has 0 radical (unpaired) electrons. The number of nitrogens with one attached hydrogen (secondary N) is 1. The lowest BCUT2D eigenvalue weighted by Gasteiger charge is -2.35. The zero-order chi connectivity index (χ0) is 14.1. The predicted molar refractivity (Wildman–Crippen MR) is 79.2 cm³/mol. The third kappa shape index (κ3) is 2.88. The first-order valence-corrected chi connectivity index (χ1v) is 7.93. The lowest BCUT2D eigenvalue weighted by Crippen LogP contribution is -2.47. The van der Waals surface area contributed by atoms with E-state index in [-0.39, 0.29) is 17.8 Å². The third-order valence-electron chi connectivity index (χ3n) is 4.34. The third-order valence-corrected chi connectivity index (χ3v) is 4.95. The Bertz CT molecular complexity index is 523. The Morgan fingerprint density at radius 3 is 3.00 bits per heavy atom. The van der Waals surface area contributed by atoms with Crippen molar-refractivity contribution < 1.29 is 9.18 Å². The van der Waals surface area contributed by atoms with Gasteiger partial charge in [0.1, 0.15) is 5.82 Å². The number of amides is 1. The molecule has 2 aliphatic heterocycles. The van der Waals surface area contributed by atoms with Gasteiger partial charge in [-0.05, 0) is 66.4 Å². The summed E-state index contributed by atoms with van der Waals surface area (Å²) in [5.74, 6) is -0.456. The van der Waals surface area contributed by atoms with Gasteiger partial charge < -0.3 is 10.2 Å². The van der Waals surface area contributed by atoms with E-state index < -0.39 is 0 Å². The summed E-state index contributed by atoms with van der Waals surface area (Å²) in [5, 5.41) is 3.09. The smallest absolute Gasteiger partial charge is 0.251 e. The van der Waals surface area contributed by atoms with Gasteiger partial charge in [-0.3, -0.25) is 4.79 Å². The normalized spacial score (nSPS) is 26.3. The second-order valence-corrected chi connectivity index (χ2v) is 6.51. The number of hydrogen-bond acceptors (Lipinski definition) is 2. The van der Waals surface area contributed by atoms with E-state index in [4.69, 9.17) is 0 Å². The molecular weight excluding hydrogens is 323 g/mol. The molecule has 2 atom stereocenters. The molecule has 0 bridgehead atoms. The molecule has 2 saturated heterocycles. The highest BCUT2D eigenvalue weighted by atomic mass is 79.9. The van der Waals surface area contributed by atoms with E-state index in [1.165, 1.54) is 37.6 Å². The number of piperidine rings is 1. The largest absolute Gasteiger partial charge is 0.349 e. The number of halogens is 2. The van der Waals surface area contributed by atoms with E-state index in [0.29, 0.717) is 16.1 Å². The van der Waals surface area contributed by atoms with Gasteiger partial charge in [0.25, 0.3) is 5.91 Å². The molecule has 1 aromatic carbocycles. The summed E-state index contributed by atoms with van der Waals surface area (Å²) in [6.07, 6.45) is 4.56. The molecule has 1 aromatic rings. The van der Waals surface area contributed by atoms with Crippen molar-refractivity contribution in [1.82, 2.24) is 10.2 Å². The van der Waals surface area contributed by atoms with E-state index >= 15 is 0 Å². The lowest BCUT2D eigenvalue weighted by atomic mass is 9.97. The highest BCUT2D eigenvalue weighted by Crippen LogP contribution is 2.27. The Hall–Kier alpha value is -0.940. The van der Waals surface area contributed by atoms with Gasteiger partial charge in [-0.25, -0.2) is 4.39 Å². The number of benzene rings is 1. The zero-order valence-corrected chi connectivity index (χ0v) is 12.8. The molecule has 2 aliphatic rings. The van der Waals surface area contributed by atoms with Crippen LogP contribution in [-0.2, 0) is 0 Å². The summed E-state index contributed by atoms with van der Waals surface area (Å²) in [5.41, 5.74) is 0.507. The van der Waals surface area contributed by atoms with Crippen LogP contribution in [-0.4, -0.2) is 36.0 Å². The van der Waals surface area contributed by atoms with Crippen LogP contribution in [0.3, 0.4) is 0 Å². The van der Waals surface area contributed by atoms with Crippen LogP contribution in [0.25, 0.3) is 0 Å². The number of hydrogen-bond donors (Lipinski definition) is 1. The number of fused-ring (bicyclic) bond motifs is 1. The van der Waals surface area contributed by atoms with Crippen LogP contribution < -0.4 is 5.32 Å². The Balaban J connectivity index is 1.62.